The van der Waals surface area contributed by atoms with Crippen molar-refractivity contribution in [2.45, 2.75) is 39.5 Å². The van der Waals surface area contributed by atoms with E-state index in [0.717, 1.165) is 25.7 Å². The molecule has 0 unspecified atom stereocenters. The number of anilines is 1. The molecule has 3 rings (SSSR count). The van der Waals surface area contributed by atoms with E-state index in [0.29, 0.717) is 24.8 Å². The molecule has 31 heavy (non-hydrogen) atoms. The van der Waals surface area contributed by atoms with Gasteiger partial charge in [0, 0.05) is 24.8 Å². The number of unbranched alkanes of at least 4 members (excludes halogenated alkanes) is 2. The van der Waals surface area contributed by atoms with Gasteiger partial charge in [-0.2, -0.15) is 4.98 Å². The summed E-state index contributed by atoms with van der Waals surface area (Å²) in [4.78, 5) is 17.0. The summed E-state index contributed by atoms with van der Waals surface area (Å²) in [6, 6.07) is 5.58. The van der Waals surface area contributed by atoms with Crippen LogP contribution >= 0.6 is 0 Å². The number of benzene rings is 1. The van der Waals surface area contributed by atoms with Crippen molar-refractivity contribution in [2.24, 2.45) is 5.92 Å². The summed E-state index contributed by atoms with van der Waals surface area (Å²) in [7, 11) is 0. The van der Waals surface area contributed by atoms with Crippen LogP contribution < -0.4 is 14.4 Å². The normalized spacial score (nSPS) is 13.7. The Morgan fingerprint density at radius 2 is 1.71 bits per heavy atom. The van der Waals surface area contributed by atoms with Gasteiger partial charge >= 0.3 is 5.97 Å². The Morgan fingerprint density at radius 3 is 2.29 bits per heavy atom. The number of rotatable bonds is 11. The van der Waals surface area contributed by atoms with Gasteiger partial charge in [-0.25, -0.2) is 8.78 Å². The molecular formula is C23H28F2N2O4. The number of halogens is 2. The molecule has 0 amide bonds. The number of hydrogen-bond donors (Lipinski definition) is 1. The molecule has 2 heterocycles. The first-order valence-corrected chi connectivity index (χ1v) is 10.7. The van der Waals surface area contributed by atoms with Crippen LogP contribution in [0.5, 0.6) is 11.8 Å². The number of aliphatic carboxylic acids is 1. The number of carboxylic acids is 1. The van der Waals surface area contributed by atoms with Gasteiger partial charge in [0.25, 0.3) is 0 Å². The van der Waals surface area contributed by atoms with Gasteiger partial charge in [0.2, 0.25) is 11.8 Å². The van der Waals surface area contributed by atoms with Gasteiger partial charge in [0.15, 0.2) is 0 Å². The van der Waals surface area contributed by atoms with E-state index >= 15 is 0 Å². The quantitative estimate of drug-likeness (QED) is 0.507. The molecule has 1 aromatic carbocycles. The maximum absolute atomic E-state index is 15.0. The minimum atomic E-state index is -0.907. The molecule has 1 aliphatic heterocycles. The third-order valence-corrected chi connectivity index (χ3v) is 5.21. The number of carbonyl (C=O) groups is 1. The molecule has 168 valence electrons. The van der Waals surface area contributed by atoms with Crippen LogP contribution in [0.2, 0.25) is 0 Å². The lowest BCUT2D eigenvalue weighted by Crippen LogP contribution is -2.50. The SMILES string of the molecule is CCCCOc1ccc(-c2c(F)cc(N3CC(C(=O)O)C3)cc2F)c(OCCCC)n1. The van der Waals surface area contributed by atoms with Gasteiger partial charge in [0.05, 0.1) is 30.3 Å². The van der Waals surface area contributed by atoms with Crippen LogP contribution in [0, 0.1) is 17.6 Å². The molecule has 8 heteroatoms. The molecule has 0 atom stereocenters. The van der Waals surface area contributed by atoms with Crippen molar-refractivity contribution in [2.75, 3.05) is 31.2 Å². The zero-order chi connectivity index (χ0) is 22.4. The zero-order valence-electron chi connectivity index (χ0n) is 17.9. The number of nitrogens with zero attached hydrogens (tertiary/aromatic N) is 2. The van der Waals surface area contributed by atoms with Crippen molar-refractivity contribution in [1.29, 1.82) is 0 Å². The van der Waals surface area contributed by atoms with E-state index in [1.165, 1.54) is 12.1 Å². The first kappa shape index (κ1) is 22.8. The maximum Gasteiger partial charge on any atom is 0.310 e. The summed E-state index contributed by atoms with van der Waals surface area (Å²) in [6.07, 6.45) is 3.54. The predicted molar refractivity (Wildman–Crippen MR) is 114 cm³/mol. The van der Waals surface area contributed by atoms with E-state index < -0.39 is 23.5 Å². The fourth-order valence-corrected chi connectivity index (χ4v) is 3.28. The Morgan fingerprint density at radius 1 is 1.10 bits per heavy atom. The summed E-state index contributed by atoms with van der Waals surface area (Å²) in [5, 5.41) is 9.00. The Kier molecular flexibility index (Phi) is 7.65. The van der Waals surface area contributed by atoms with E-state index in [1.54, 1.807) is 17.0 Å². The third-order valence-electron chi connectivity index (χ3n) is 5.21. The zero-order valence-corrected chi connectivity index (χ0v) is 17.9. The third kappa shape index (κ3) is 5.42. The number of aromatic nitrogens is 1. The average Bonchev–Trinajstić information content (AvgIpc) is 2.68. The van der Waals surface area contributed by atoms with Crippen LogP contribution in [-0.4, -0.2) is 42.4 Å². The highest BCUT2D eigenvalue weighted by molar-refractivity contribution is 5.76. The molecule has 2 aromatic rings. The summed E-state index contributed by atoms with van der Waals surface area (Å²) in [6.45, 7) is 5.40. The van der Waals surface area contributed by atoms with Gasteiger partial charge < -0.3 is 19.5 Å². The second kappa shape index (κ2) is 10.4. The molecule has 1 saturated heterocycles. The smallest absolute Gasteiger partial charge is 0.310 e. The van der Waals surface area contributed by atoms with Crippen molar-refractivity contribution in [3.8, 4) is 22.9 Å². The summed E-state index contributed by atoms with van der Waals surface area (Å²) < 4.78 is 41.3. The first-order valence-electron chi connectivity index (χ1n) is 10.7. The van der Waals surface area contributed by atoms with Gasteiger partial charge in [-0.3, -0.25) is 4.79 Å². The van der Waals surface area contributed by atoms with Crippen LogP contribution in [0.4, 0.5) is 14.5 Å². The minimum Gasteiger partial charge on any atom is -0.481 e. The average molecular weight is 434 g/mol. The number of hydrogen-bond acceptors (Lipinski definition) is 5. The van der Waals surface area contributed by atoms with Crippen molar-refractivity contribution in [1.82, 2.24) is 4.98 Å². The highest BCUT2D eigenvalue weighted by Crippen LogP contribution is 2.37. The molecule has 0 saturated carbocycles. The standard InChI is InChI=1S/C23H28F2N2O4/c1-3-5-9-30-20-8-7-17(22(26-20)31-10-6-4-2)21-18(24)11-16(12-19(21)25)27-13-15(14-27)23(28)29/h7-8,11-12,15H,3-6,9-10,13-14H2,1-2H3,(H,28,29). The Bertz CT molecular complexity index is 893. The van der Waals surface area contributed by atoms with Crippen molar-refractivity contribution in [3.63, 3.8) is 0 Å². The van der Waals surface area contributed by atoms with E-state index in [4.69, 9.17) is 14.6 Å². The predicted octanol–water partition coefficient (Wildman–Crippen LogP) is 4.91. The van der Waals surface area contributed by atoms with Crippen molar-refractivity contribution in [3.05, 3.63) is 35.9 Å². The molecule has 1 N–H and O–H groups in total. The van der Waals surface area contributed by atoms with Gasteiger partial charge in [-0.05, 0) is 31.0 Å². The van der Waals surface area contributed by atoms with Crippen molar-refractivity contribution < 1.29 is 28.2 Å². The van der Waals surface area contributed by atoms with Crippen LogP contribution in [-0.2, 0) is 4.79 Å². The Balaban J connectivity index is 1.88. The van der Waals surface area contributed by atoms with E-state index in [-0.39, 0.29) is 30.1 Å². The van der Waals surface area contributed by atoms with Gasteiger partial charge in [-0.15, -0.1) is 0 Å². The Labute approximate surface area is 180 Å². The van der Waals surface area contributed by atoms with E-state index in [9.17, 15) is 13.6 Å². The van der Waals surface area contributed by atoms with Crippen molar-refractivity contribution >= 4 is 11.7 Å². The molecule has 0 spiro atoms. The largest absolute Gasteiger partial charge is 0.481 e. The maximum atomic E-state index is 15.0. The molecular weight excluding hydrogens is 406 g/mol. The highest BCUT2D eigenvalue weighted by atomic mass is 19.1. The van der Waals surface area contributed by atoms with E-state index in [1.807, 2.05) is 6.92 Å². The topological polar surface area (TPSA) is 71.9 Å². The number of ether oxygens (including phenoxy) is 2. The lowest BCUT2D eigenvalue weighted by Gasteiger charge is -2.38. The Hall–Kier alpha value is -2.90. The number of carboxylic acid groups (broad SMARTS) is 1. The lowest BCUT2D eigenvalue weighted by molar-refractivity contribution is -0.142. The fourth-order valence-electron chi connectivity index (χ4n) is 3.28. The molecule has 1 fully saturated rings. The van der Waals surface area contributed by atoms with Gasteiger partial charge in [0.1, 0.15) is 11.6 Å². The molecule has 0 radical (unpaired) electrons. The lowest BCUT2D eigenvalue weighted by atomic mass is 9.98. The highest BCUT2D eigenvalue weighted by Gasteiger charge is 2.33. The fraction of sp³-hybridized carbons (Fsp3) is 0.478. The minimum absolute atomic E-state index is 0.128. The van der Waals surface area contributed by atoms with Gasteiger partial charge in [-0.1, -0.05) is 26.7 Å². The molecule has 0 aliphatic carbocycles. The number of pyridine rings is 1. The summed E-state index contributed by atoms with van der Waals surface area (Å²) in [5.41, 5.74) is 0.308. The summed E-state index contributed by atoms with van der Waals surface area (Å²) in [5.74, 6) is -2.46. The monoisotopic (exact) mass is 434 g/mol. The van der Waals surface area contributed by atoms with Crippen LogP contribution in [0.3, 0.4) is 0 Å². The van der Waals surface area contributed by atoms with Crippen LogP contribution in [0.1, 0.15) is 39.5 Å². The van der Waals surface area contributed by atoms with E-state index in [2.05, 4.69) is 11.9 Å². The molecule has 1 aromatic heterocycles. The molecule has 1 aliphatic rings. The molecule has 0 bridgehead atoms. The second-order valence-corrected chi connectivity index (χ2v) is 7.63. The second-order valence-electron chi connectivity index (χ2n) is 7.63. The first-order chi connectivity index (χ1) is 14.9. The van der Waals surface area contributed by atoms with Crippen LogP contribution in [0.15, 0.2) is 24.3 Å². The summed E-state index contributed by atoms with van der Waals surface area (Å²) >= 11 is 0. The van der Waals surface area contributed by atoms with Crippen LogP contribution in [0.25, 0.3) is 11.1 Å². The molecule has 6 nitrogen and oxygen atoms in total.